The lowest BCUT2D eigenvalue weighted by atomic mass is 9.97. The molecule has 1 amide bonds. The van der Waals surface area contributed by atoms with Crippen LogP contribution in [0.1, 0.15) is 19.3 Å². The van der Waals surface area contributed by atoms with Crippen LogP contribution in [0.15, 0.2) is 18.6 Å². The standard InChI is InChI=1S/C16H21N5O/c1-19-8-5-13-14(19)17-11-18-15(13)21-9-12(10-21)16(22)20-6-3-2-4-7-20/h5,8,11-12H,2-4,6-7,9-10H2,1H3. The van der Waals surface area contributed by atoms with Crippen molar-refractivity contribution in [3.05, 3.63) is 18.6 Å². The number of anilines is 1. The van der Waals surface area contributed by atoms with Crippen LogP contribution in [0, 0.1) is 5.92 Å². The van der Waals surface area contributed by atoms with E-state index in [9.17, 15) is 4.79 Å². The van der Waals surface area contributed by atoms with Crippen LogP contribution in [0.3, 0.4) is 0 Å². The van der Waals surface area contributed by atoms with Crippen LogP contribution in [0.5, 0.6) is 0 Å². The number of fused-ring (bicyclic) bond motifs is 1. The van der Waals surface area contributed by atoms with Crippen molar-refractivity contribution in [3.8, 4) is 0 Å². The van der Waals surface area contributed by atoms with Crippen LogP contribution in [0.4, 0.5) is 5.82 Å². The van der Waals surface area contributed by atoms with E-state index >= 15 is 0 Å². The maximum Gasteiger partial charge on any atom is 0.229 e. The Balaban J connectivity index is 1.47. The van der Waals surface area contributed by atoms with E-state index in [-0.39, 0.29) is 5.92 Å². The first-order chi connectivity index (χ1) is 10.7. The van der Waals surface area contributed by atoms with E-state index in [0.29, 0.717) is 5.91 Å². The summed E-state index contributed by atoms with van der Waals surface area (Å²) in [4.78, 5) is 25.5. The minimum absolute atomic E-state index is 0.131. The SMILES string of the molecule is Cn1ccc2c(N3CC(C(=O)N4CCCCC4)C3)ncnc21. The van der Waals surface area contributed by atoms with Crippen LogP contribution >= 0.6 is 0 Å². The molecule has 0 aromatic carbocycles. The third-order valence-electron chi connectivity index (χ3n) is 4.84. The van der Waals surface area contributed by atoms with E-state index in [0.717, 1.165) is 55.9 Å². The lowest BCUT2D eigenvalue weighted by Crippen LogP contribution is -2.55. The largest absolute Gasteiger partial charge is 0.354 e. The summed E-state index contributed by atoms with van der Waals surface area (Å²) >= 11 is 0. The molecular weight excluding hydrogens is 278 g/mol. The number of aryl methyl sites for hydroxylation is 1. The first kappa shape index (κ1) is 13.5. The number of hydrogen-bond donors (Lipinski definition) is 0. The zero-order chi connectivity index (χ0) is 15.1. The quantitative estimate of drug-likeness (QED) is 0.841. The van der Waals surface area contributed by atoms with Gasteiger partial charge in [0.2, 0.25) is 5.91 Å². The molecule has 2 saturated heterocycles. The van der Waals surface area contributed by atoms with Gasteiger partial charge in [-0.15, -0.1) is 0 Å². The van der Waals surface area contributed by atoms with Crippen molar-refractivity contribution < 1.29 is 4.79 Å². The third kappa shape index (κ3) is 2.14. The molecule has 22 heavy (non-hydrogen) atoms. The minimum Gasteiger partial charge on any atom is -0.354 e. The molecule has 6 nitrogen and oxygen atoms in total. The van der Waals surface area contributed by atoms with Crippen LogP contribution in [0.25, 0.3) is 11.0 Å². The van der Waals surface area contributed by atoms with E-state index < -0.39 is 0 Å². The molecule has 4 heterocycles. The fourth-order valence-corrected chi connectivity index (χ4v) is 3.50. The summed E-state index contributed by atoms with van der Waals surface area (Å²) in [7, 11) is 1.98. The van der Waals surface area contributed by atoms with Gasteiger partial charge in [0.05, 0.1) is 11.3 Å². The first-order valence-electron chi connectivity index (χ1n) is 8.04. The summed E-state index contributed by atoms with van der Waals surface area (Å²) < 4.78 is 2.00. The molecule has 0 aliphatic carbocycles. The molecule has 0 bridgehead atoms. The highest BCUT2D eigenvalue weighted by atomic mass is 16.2. The molecule has 2 aromatic rings. The molecule has 4 rings (SSSR count). The van der Waals surface area contributed by atoms with Crippen molar-refractivity contribution in [1.82, 2.24) is 19.4 Å². The summed E-state index contributed by atoms with van der Waals surface area (Å²) in [6, 6.07) is 2.05. The third-order valence-corrected chi connectivity index (χ3v) is 4.84. The lowest BCUT2D eigenvalue weighted by Gasteiger charge is -2.42. The number of nitrogens with zero attached hydrogens (tertiary/aromatic N) is 5. The number of rotatable bonds is 2. The minimum atomic E-state index is 0.131. The molecule has 2 aliphatic rings. The summed E-state index contributed by atoms with van der Waals surface area (Å²) in [6.45, 7) is 3.42. The molecule has 0 atom stereocenters. The maximum atomic E-state index is 12.5. The van der Waals surface area contributed by atoms with Crippen LogP contribution in [-0.4, -0.2) is 51.5 Å². The second-order valence-electron chi connectivity index (χ2n) is 6.35. The summed E-state index contributed by atoms with van der Waals surface area (Å²) in [5.41, 5.74) is 0.941. The fourth-order valence-electron chi connectivity index (χ4n) is 3.50. The van der Waals surface area contributed by atoms with E-state index in [1.807, 2.05) is 28.8 Å². The highest BCUT2D eigenvalue weighted by Crippen LogP contribution is 2.30. The van der Waals surface area contributed by atoms with Gasteiger partial charge in [0.1, 0.15) is 17.8 Å². The number of hydrogen-bond acceptors (Lipinski definition) is 4. The van der Waals surface area contributed by atoms with E-state index in [2.05, 4.69) is 14.9 Å². The zero-order valence-corrected chi connectivity index (χ0v) is 12.9. The van der Waals surface area contributed by atoms with Crippen molar-refractivity contribution in [1.29, 1.82) is 0 Å². The predicted octanol–water partition coefficient (Wildman–Crippen LogP) is 1.42. The van der Waals surface area contributed by atoms with Gasteiger partial charge in [-0.2, -0.15) is 0 Å². The van der Waals surface area contributed by atoms with Gasteiger partial charge in [0.15, 0.2) is 0 Å². The Kier molecular flexibility index (Phi) is 3.24. The monoisotopic (exact) mass is 299 g/mol. The molecule has 0 N–H and O–H groups in total. The molecule has 2 fully saturated rings. The van der Waals surface area contributed by atoms with Gasteiger partial charge in [-0.05, 0) is 25.3 Å². The van der Waals surface area contributed by atoms with Gasteiger partial charge in [0, 0.05) is 39.4 Å². The van der Waals surface area contributed by atoms with Gasteiger partial charge in [-0.25, -0.2) is 9.97 Å². The van der Waals surface area contributed by atoms with Crippen molar-refractivity contribution in [2.24, 2.45) is 13.0 Å². The Hall–Kier alpha value is -2.11. The highest BCUT2D eigenvalue weighted by molar-refractivity contribution is 5.90. The van der Waals surface area contributed by atoms with Crippen LogP contribution < -0.4 is 4.90 Å². The molecular formula is C16H21N5O. The highest BCUT2D eigenvalue weighted by Gasteiger charge is 2.37. The summed E-state index contributed by atoms with van der Waals surface area (Å²) in [6.07, 6.45) is 7.17. The van der Waals surface area contributed by atoms with Gasteiger partial charge in [-0.1, -0.05) is 0 Å². The number of piperidine rings is 1. The second-order valence-corrected chi connectivity index (χ2v) is 6.35. The summed E-state index contributed by atoms with van der Waals surface area (Å²) in [5.74, 6) is 1.41. The Labute approximate surface area is 129 Å². The Morgan fingerprint density at radius 3 is 2.73 bits per heavy atom. The van der Waals surface area contributed by atoms with Crippen molar-refractivity contribution in [3.63, 3.8) is 0 Å². The Morgan fingerprint density at radius 2 is 1.95 bits per heavy atom. The normalized spacial score (nSPS) is 19.5. The summed E-state index contributed by atoms with van der Waals surface area (Å²) in [5, 5.41) is 1.06. The molecule has 0 radical (unpaired) electrons. The van der Waals surface area contributed by atoms with E-state index in [4.69, 9.17) is 0 Å². The molecule has 0 spiro atoms. The average molecular weight is 299 g/mol. The van der Waals surface area contributed by atoms with E-state index in [1.165, 1.54) is 6.42 Å². The molecule has 0 unspecified atom stereocenters. The van der Waals surface area contributed by atoms with Crippen molar-refractivity contribution >= 4 is 22.8 Å². The molecule has 2 aliphatic heterocycles. The smallest absolute Gasteiger partial charge is 0.229 e. The predicted molar refractivity (Wildman–Crippen MR) is 84.6 cm³/mol. The van der Waals surface area contributed by atoms with E-state index in [1.54, 1.807) is 6.33 Å². The van der Waals surface area contributed by atoms with Gasteiger partial charge in [0.25, 0.3) is 0 Å². The van der Waals surface area contributed by atoms with Crippen LogP contribution in [0.2, 0.25) is 0 Å². The number of carbonyl (C=O) groups excluding carboxylic acids is 1. The lowest BCUT2D eigenvalue weighted by molar-refractivity contribution is -0.137. The maximum absolute atomic E-state index is 12.5. The van der Waals surface area contributed by atoms with Crippen molar-refractivity contribution in [2.45, 2.75) is 19.3 Å². The number of likely N-dealkylation sites (tertiary alicyclic amines) is 1. The second kappa shape index (κ2) is 5.26. The fraction of sp³-hybridized carbons (Fsp3) is 0.562. The first-order valence-corrected chi connectivity index (χ1v) is 8.04. The van der Waals surface area contributed by atoms with Gasteiger partial charge >= 0.3 is 0 Å². The number of carbonyl (C=O) groups is 1. The van der Waals surface area contributed by atoms with Crippen molar-refractivity contribution in [2.75, 3.05) is 31.1 Å². The van der Waals surface area contributed by atoms with Gasteiger partial charge < -0.3 is 14.4 Å². The Morgan fingerprint density at radius 1 is 1.18 bits per heavy atom. The Bertz CT molecular complexity index is 698. The molecule has 0 saturated carbocycles. The molecule has 2 aromatic heterocycles. The number of aromatic nitrogens is 3. The number of amides is 1. The average Bonchev–Trinajstić information content (AvgIpc) is 2.89. The van der Waals surface area contributed by atoms with Gasteiger partial charge in [-0.3, -0.25) is 4.79 Å². The topological polar surface area (TPSA) is 54.3 Å². The van der Waals surface area contributed by atoms with Crippen LogP contribution in [-0.2, 0) is 11.8 Å². The zero-order valence-electron chi connectivity index (χ0n) is 12.9. The molecule has 116 valence electrons. The molecule has 6 heteroatoms.